The lowest BCUT2D eigenvalue weighted by Crippen LogP contribution is -2.29. The molecule has 0 aromatic heterocycles. The summed E-state index contributed by atoms with van der Waals surface area (Å²) in [5.74, 6) is 0. The Bertz CT molecular complexity index is 130. The van der Waals surface area contributed by atoms with Crippen LogP contribution in [0.5, 0.6) is 0 Å². The van der Waals surface area contributed by atoms with Crippen molar-refractivity contribution in [3.63, 3.8) is 0 Å². The Morgan fingerprint density at radius 2 is 2.31 bits per heavy atom. The molecule has 1 rings (SSSR count). The van der Waals surface area contributed by atoms with Crippen molar-refractivity contribution < 1.29 is 19.7 Å². The van der Waals surface area contributed by atoms with Crippen LogP contribution in [0.1, 0.15) is 19.8 Å². The Kier molecular flexibility index (Phi) is 4.66. The van der Waals surface area contributed by atoms with Crippen molar-refractivity contribution in [3.8, 4) is 0 Å². The average Bonchev–Trinajstić information content (AvgIpc) is 2.56. The summed E-state index contributed by atoms with van der Waals surface area (Å²) in [7, 11) is 0. The van der Waals surface area contributed by atoms with Gasteiger partial charge in [0.05, 0.1) is 25.4 Å². The van der Waals surface area contributed by atoms with Crippen LogP contribution in [0.15, 0.2) is 0 Å². The van der Waals surface area contributed by atoms with Gasteiger partial charge in [0.15, 0.2) is 0 Å². The van der Waals surface area contributed by atoms with Gasteiger partial charge in [-0.15, -0.1) is 0 Å². The maximum Gasteiger partial charge on any atom is 0.103 e. The Morgan fingerprint density at radius 3 is 2.85 bits per heavy atom. The second-order valence-electron chi connectivity index (χ2n) is 3.48. The number of rotatable bonds is 5. The topological polar surface area (TPSA) is 58.9 Å². The smallest absolute Gasteiger partial charge is 0.103 e. The first kappa shape index (κ1) is 10.9. The molecule has 0 aromatic carbocycles. The van der Waals surface area contributed by atoms with Crippen LogP contribution in [0.25, 0.3) is 0 Å². The molecule has 3 atom stereocenters. The third-order valence-corrected chi connectivity index (χ3v) is 2.17. The van der Waals surface area contributed by atoms with Crippen molar-refractivity contribution in [1.29, 1.82) is 0 Å². The zero-order chi connectivity index (χ0) is 9.68. The molecule has 13 heavy (non-hydrogen) atoms. The highest BCUT2D eigenvalue weighted by Crippen LogP contribution is 2.12. The molecule has 0 radical (unpaired) electrons. The molecule has 3 unspecified atom stereocenters. The van der Waals surface area contributed by atoms with E-state index in [9.17, 15) is 5.11 Å². The minimum absolute atomic E-state index is 0.178. The number of hydrogen-bond donors (Lipinski definition) is 2. The largest absolute Gasteiger partial charge is 0.391 e. The van der Waals surface area contributed by atoms with Gasteiger partial charge in [-0.3, -0.25) is 0 Å². The summed E-state index contributed by atoms with van der Waals surface area (Å²) in [4.78, 5) is 0. The molecule has 0 saturated carbocycles. The summed E-state index contributed by atoms with van der Waals surface area (Å²) in [6, 6.07) is 0. The van der Waals surface area contributed by atoms with E-state index in [1.54, 1.807) is 6.92 Å². The van der Waals surface area contributed by atoms with Gasteiger partial charge in [0, 0.05) is 6.61 Å². The Balaban J connectivity index is 1.99. The highest BCUT2D eigenvalue weighted by molar-refractivity contribution is 4.65. The van der Waals surface area contributed by atoms with Gasteiger partial charge < -0.3 is 19.7 Å². The maximum atomic E-state index is 9.18. The third kappa shape index (κ3) is 4.04. The van der Waals surface area contributed by atoms with Crippen molar-refractivity contribution in [2.24, 2.45) is 0 Å². The summed E-state index contributed by atoms with van der Waals surface area (Å²) in [5.41, 5.74) is 0. The van der Waals surface area contributed by atoms with Crippen LogP contribution in [-0.4, -0.2) is 48.3 Å². The van der Waals surface area contributed by atoms with Crippen LogP contribution in [0.3, 0.4) is 0 Å². The summed E-state index contributed by atoms with van der Waals surface area (Å²) in [6.07, 6.45) is 0.782. The lowest BCUT2D eigenvalue weighted by atomic mass is 10.2. The number of aliphatic hydroxyl groups is 2. The number of aliphatic hydroxyl groups excluding tert-OH is 2. The van der Waals surface area contributed by atoms with E-state index in [1.165, 1.54) is 0 Å². The van der Waals surface area contributed by atoms with Crippen molar-refractivity contribution in [3.05, 3.63) is 0 Å². The first-order chi connectivity index (χ1) is 6.20. The SMILES string of the molecule is CC(O)C(O)COCC1CCCO1. The standard InChI is InChI=1S/C9H18O4/c1-7(10)9(11)6-12-5-8-3-2-4-13-8/h7-11H,2-6H2,1H3. The second kappa shape index (κ2) is 5.54. The second-order valence-corrected chi connectivity index (χ2v) is 3.48. The number of hydrogen-bond acceptors (Lipinski definition) is 4. The zero-order valence-corrected chi connectivity index (χ0v) is 7.98. The molecular formula is C9H18O4. The molecule has 4 heteroatoms. The average molecular weight is 190 g/mol. The minimum Gasteiger partial charge on any atom is -0.391 e. The van der Waals surface area contributed by atoms with Crippen molar-refractivity contribution in [2.75, 3.05) is 19.8 Å². The molecule has 78 valence electrons. The summed E-state index contributed by atoms with van der Waals surface area (Å²) >= 11 is 0. The third-order valence-electron chi connectivity index (χ3n) is 2.17. The van der Waals surface area contributed by atoms with E-state index in [0.717, 1.165) is 19.4 Å². The van der Waals surface area contributed by atoms with Crippen molar-refractivity contribution in [2.45, 2.75) is 38.1 Å². The minimum atomic E-state index is -0.790. The maximum absolute atomic E-state index is 9.18. The molecule has 2 N–H and O–H groups in total. The van der Waals surface area contributed by atoms with Crippen LogP contribution in [0, 0.1) is 0 Å². The molecule has 0 spiro atoms. The monoisotopic (exact) mass is 190 g/mol. The van der Waals surface area contributed by atoms with Gasteiger partial charge in [-0.25, -0.2) is 0 Å². The Labute approximate surface area is 78.5 Å². The first-order valence-corrected chi connectivity index (χ1v) is 4.75. The fourth-order valence-electron chi connectivity index (χ4n) is 1.24. The fourth-order valence-corrected chi connectivity index (χ4v) is 1.24. The first-order valence-electron chi connectivity index (χ1n) is 4.75. The molecule has 0 amide bonds. The van der Waals surface area contributed by atoms with Crippen LogP contribution >= 0.6 is 0 Å². The highest BCUT2D eigenvalue weighted by atomic mass is 16.5. The molecule has 0 aromatic rings. The van der Waals surface area contributed by atoms with Crippen LogP contribution in [-0.2, 0) is 9.47 Å². The quantitative estimate of drug-likeness (QED) is 0.637. The van der Waals surface area contributed by atoms with E-state index >= 15 is 0 Å². The van der Waals surface area contributed by atoms with E-state index in [0.29, 0.717) is 6.61 Å². The van der Waals surface area contributed by atoms with Crippen molar-refractivity contribution in [1.82, 2.24) is 0 Å². The molecule has 1 aliphatic rings. The highest BCUT2D eigenvalue weighted by Gasteiger charge is 2.17. The zero-order valence-electron chi connectivity index (χ0n) is 7.98. The molecule has 0 aliphatic carbocycles. The van der Waals surface area contributed by atoms with E-state index in [1.807, 2.05) is 0 Å². The molecule has 4 nitrogen and oxygen atoms in total. The van der Waals surface area contributed by atoms with E-state index < -0.39 is 12.2 Å². The molecule has 1 saturated heterocycles. The van der Waals surface area contributed by atoms with Gasteiger partial charge in [-0.1, -0.05) is 0 Å². The number of ether oxygens (including phenoxy) is 2. The van der Waals surface area contributed by atoms with Gasteiger partial charge in [-0.05, 0) is 19.8 Å². The molecule has 1 heterocycles. The molecule has 0 bridgehead atoms. The lowest BCUT2D eigenvalue weighted by molar-refractivity contribution is -0.0529. The summed E-state index contributed by atoms with van der Waals surface area (Å²) in [5, 5.41) is 18.1. The van der Waals surface area contributed by atoms with E-state index in [2.05, 4.69) is 0 Å². The molecular weight excluding hydrogens is 172 g/mol. The van der Waals surface area contributed by atoms with E-state index in [-0.39, 0.29) is 12.7 Å². The molecule has 1 aliphatic heterocycles. The summed E-state index contributed by atoms with van der Waals surface area (Å²) in [6.45, 7) is 3.05. The molecule has 1 fully saturated rings. The normalized spacial score (nSPS) is 27.5. The van der Waals surface area contributed by atoms with Crippen LogP contribution in [0.2, 0.25) is 0 Å². The van der Waals surface area contributed by atoms with E-state index in [4.69, 9.17) is 14.6 Å². The van der Waals surface area contributed by atoms with Crippen LogP contribution < -0.4 is 0 Å². The lowest BCUT2D eigenvalue weighted by Gasteiger charge is -2.15. The Morgan fingerprint density at radius 1 is 1.54 bits per heavy atom. The predicted octanol–water partition coefficient (Wildman–Crippen LogP) is -0.0763. The fraction of sp³-hybridized carbons (Fsp3) is 1.00. The van der Waals surface area contributed by atoms with Gasteiger partial charge in [0.2, 0.25) is 0 Å². The van der Waals surface area contributed by atoms with Gasteiger partial charge >= 0.3 is 0 Å². The van der Waals surface area contributed by atoms with Gasteiger partial charge in [-0.2, -0.15) is 0 Å². The van der Waals surface area contributed by atoms with Crippen LogP contribution in [0.4, 0.5) is 0 Å². The predicted molar refractivity (Wildman–Crippen MR) is 47.5 cm³/mol. The Hall–Kier alpha value is -0.160. The van der Waals surface area contributed by atoms with Crippen molar-refractivity contribution >= 4 is 0 Å². The van der Waals surface area contributed by atoms with Gasteiger partial charge in [0.1, 0.15) is 6.10 Å². The summed E-state index contributed by atoms with van der Waals surface area (Å²) < 4.78 is 10.5. The van der Waals surface area contributed by atoms with Gasteiger partial charge in [0.25, 0.3) is 0 Å².